The topological polar surface area (TPSA) is 24.9 Å². The van der Waals surface area contributed by atoms with Crippen LogP contribution in [0, 0.1) is 13.8 Å². The van der Waals surface area contributed by atoms with Gasteiger partial charge in [0.1, 0.15) is 0 Å². The molecule has 0 saturated heterocycles. The molecular weight excluding hydrogens is 196 g/mol. The molecule has 0 aliphatic rings. The summed E-state index contributed by atoms with van der Waals surface area (Å²) in [5, 5.41) is 3.43. The average Bonchev–Trinajstić information content (AvgIpc) is 2.30. The van der Waals surface area contributed by atoms with E-state index in [-0.39, 0.29) is 0 Å². The van der Waals surface area contributed by atoms with Gasteiger partial charge in [-0.3, -0.25) is 4.98 Å². The van der Waals surface area contributed by atoms with Gasteiger partial charge in [-0.15, -0.1) is 0 Å². The number of rotatable bonds is 3. The van der Waals surface area contributed by atoms with Gasteiger partial charge in [0.15, 0.2) is 0 Å². The van der Waals surface area contributed by atoms with Crippen LogP contribution in [0.2, 0.25) is 0 Å². The summed E-state index contributed by atoms with van der Waals surface area (Å²) < 4.78 is 0. The number of nitrogens with zero attached hydrogens (tertiary/aromatic N) is 1. The molecule has 1 aromatic heterocycles. The second-order valence-electron chi connectivity index (χ2n) is 3.97. The van der Waals surface area contributed by atoms with Crippen molar-refractivity contribution in [3.63, 3.8) is 0 Å². The number of pyridine rings is 1. The zero-order valence-corrected chi connectivity index (χ0v) is 9.70. The normalized spacial score (nSPS) is 10.1. The van der Waals surface area contributed by atoms with Gasteiger partial charge in [0.2, 0.25) is 0 Å². The monoisotopic (exact) mass is 212 g/mol. The Kier molecular flexibility index (Phi) is 3.20. The third-order valence-corrected chi connectivity index (χ3v) is 2.76. The van der Waals surface area contributed by atoms with Crippen molar-refractivity contribution in [3.05, 3.63) is 59.4 Å². The fraction of sp³-hybridized carbons (Fsp3) is 0.214. The molecule has 0 spiro atoms. The van der Waals surface area contributed by atoms with Crippen molar-refractivity contribution in [2.75, 3.05) is 5.32 Å². The Morgan fingerprint density at radius 1 is 1.06 bits per heavy atom. The maximum atomic E-state index is 4.14. The fourth-order valence-corrected chi connectivity index (χ4v) is 1.64. The van der Waals surface area contributed by atoms with E-state index in [1.807, 2.05) is 24.5 Å². The lowest BCUT2D eigenvalue weighted by Gasteiger charge is -2.10. The second-order valence-corrected chi connectivity index (χ2v) is 3.97. The zero-order chi connectivity index (χ0) is 11.4. The van der Waals surface area contributed by atoms with E-state index in [0.29, 0.717) is 0 Å². The molecule has 16 heavy (non-hydrogen) atoms. The number of anilines is 1. The third kappa shape index (κ3) is 2.40. The highest BCUT2D eigenvalue weighted by atomic mass is 14.9. The number of hydrogen-bond acceptors (Lipinski definition) is 2. The van der Waals surface area contributed by atoms with Crippen molar-refractivity contribution >= 4 is 5.69 Å². The number of aromatic nitrogens is 1. The summed E-state index contributed by atoms with van der Waals surface area (Å²) in [5.74, 6) is 0. The molecule has 0 fully saturated rings. The van der Waals surface area contributed by atoms with E-state index < -0.39 is 0 Å². The largest absolute Gasteiger partial charge is 0.381 e. The molecule has 0 amide bonds. The highest BCUT2D eigenvalue weighted by molar-refractivity contribution is 5.50. The lowest BCUT2D eigenvalue weighted by molar-refractivity contribution is 1.08. The van der Waals surface area contributed by atoms with Gasteiger partial charge in [0.05, 0.1) is 0 Å². The Labute approximate surface area is 96.4 Å². The van der Waals surface area contributed by atoms with Gasteiger partial charge in [0, 0.05) is 24.6 Å². The van der Waals surface area contributed by atoms with Crippen LogP contribution >= 0.6 is 0 Å². The molecule has 1 N–H and O–H groups in total. The number of nitrogens with one attached hydrogen (secondary N) is 1. The van der Waals surface area contributed by atoms with Gasteiger partial charge in [-0.05, 0) is 42.7 Å². The quantitative estimate of drug-likeness (QED) is 0.844. The maximum absolute atomic E-state index is 4.14. The van der Waals surface area contributed by atoms with Crippen LogP contribution in [0.4, 0.5) is 5.69 Å². The van der Waals surface area contributed by atoms with Crippen LogP contribution in [0.15, 0.2) is 42.7 Å². The van der Waals surface area contributed by atoms with Crippen LogP contribution in [0.1, 0.15) is 16.7 Å². The van der Waals surface area contributed by atoms with Crippen molar-refractivity contribution in [1.82, 2.24) is 4.98 Å². The molecule has 0 aliphatic heterocycles. The highest BCUT2D eigenvalue weighted by Crippen LogP contribution is 2.15. The Bertz CT molecular complexity index is 432. The Balaban J connectivity index is 2.09. The summed E-state index contributed by atoms with van der Waals surface area (Å²) >= 11 is 0. The van der Waals surface area contributed by atoms with E-state index in [9.17, 15) is 0 Å². The van der Waals surface area contributed by atoms with Crippen molar-refractivity contribution in [3.8, 4) is 0 Å². The summed E-state index contributed by atoms with van der Waals surface area (Å²) in [6, 6.07) is 10.3. The third-order valence-electron chi connectivity index (χ3n) is 2.76. The predicted octanol–water partition coefficient (Wildman–Crippen LogP) is 3.31. The summed E-state index contributed by atoms with van der Waals surface area (Å²) in [6.07, 6.45) is 3.74. The van der Waals surface area contributed by atoms with E-state index in [1.54, 1.807) is 0 Å². The predicted molar refractivity (Wildman–Crippen MR) is 67.5 cm³/mol. The molecular formula is C14H16N2. The van der Waals surface area contributed by atoms with Gasteiger partial charge in [-0.1, -0.05) is 18.2 Å². The van der Waals surface area contributed by atoms with Crippen LogP contribution in [0.3, 0.4) is 0 Å². The Hall–Kier alpha value is -1.83. The molecule has 0 unspecified atom stereocenters. The highest BCUT2D eigenvalue weighted by Gasteiger charge is 1.99. The van der Waals surface area contributed by atoms with Gasteiger partial charge in [0.25, 0.3) is 0 Å². The summed E-state index contributed by atoms with van der Waals surface area (Å²) in [6.45, 7) is 5.04. The lowest BCUT2D eigenvalue weighted by Crippen LogP contribution is -2.02. The molecule has 0 saturated carbocycles. The van der Waals surface area contributed by atoms with E-state index in [1.165, 1.54) is 22.4 Å². The fourth-order valence-electron chi connectivity index (χ4n) is 1.64. The molecule has 1 heterocycles. The Morgan fingerprint density at radius 2 is 1.88 bits per heavy atom. The summed E-state index contributed by atoms with van der Waals surface area (Å²) in [5.41, 5.74) is 4.97. The molecule has 82 valence electrons. The van der Waals surface area contributed by atoms with E-state index in [4.69, 9.17) is 0 Å². The first kappa shape index (κ1) is 10.7. The molecule has 0 radical (unpaired) electrons. The molecule has 2 aromatic rings. The van der Waals surface area contributed by atoms with Gasteiger partial charge >= 0.3 is 0 Å². The summed E-state index contributed by atoms with van der Waals surface area (Å²) in [7, 11) is 0. The number of hydrogen-bond donors (Lipinski definition) is 1. The van der Waals surface area contributed by atoms with Gasteiger partial charge < -0.3 is 5.32 Å². The molecule has 2 rings (SSSR count). The van der Waals surface area contributed by atoms with Crippen LogP contribution in [0.25, 0.3) is 0 Å². The van der Waals surface area contributed by atoms with Crippen LogP contribution in [0.5, 0.6) is 0 Å². The van der Waals surface area contributed by atoms with E-state index in [2.05, 4.69) is 42.3 Å². The average molecular weight is 212 g/mol. The zero-order valence-electron chi connectivity index (χ0n) is 9.70. The van der Waals surface area contributed by atoms with Crippen LogP contribution in [-0.4, -0.2) is 4.98 Å². The van der Waals surface area contributed by atoms with Gasteiger partial charge in [-0.25, -0.2) is 0 Å². The molecule has 0 aliphatic carbocycles. The first-order valence-electron chi connectivity index (χ1n) is 5.46. The Morgan fingerprint density at radius 3 is 2.62 bits per heavy atom. The number of para-hydroxylation sites is 1. The molecule has 0 bridgehead atoms. The van der Waals surface area contributed by atoms with E-state index >= 15 is 0 Å². The minimum atomic E-state index is 0.824. The van der Waals surface area contributed by atoms with Crippen LogP contribution in [-0.2, 0) is 6.54 Å². The van der Waals surface area contributed by atoms with Gasteiger partial charge in [-0.2, -0.15) is 0 Å². The molecule has 0 atom stereocenters. The number of aryl methyl sites for hydroxylation is 2. The molecule has 1 aromatic carbocycles. The SMILES string of the molecule is Cc1ccncc1CNc1ccccc1C. The first-order valence-corrected chi connectivity index (χ1v) is 5.46. The minimum Gasteiger partial charge on any atom is -0.381 e. The lowest BCUT2D eigenvalue weighted by atomic mass is 10.1. The first-order chi connectivity index (χ1) is 7.77. The summed E-state index contributed by atoms with van der Waals surface area (Å²) in [4.78, 5) is 4.14. The van der Waals surface area contributed by atoms with Crippen molar-refractivity contribution < 1.29 is 0 Å². The number of benzene rings is 1. The van der Waals surface area contributed by atoms with Crippen molar-refractivity contribution in [1.29, 1.82) is 0 Å². The minimum absolute atomic E-state index is 0.824. The van der Waals surface area contributed by atoms with Crippen molar-refractivity contribution in [2.45, 2.75) is 20.4 Å². The maximum Gasteiger partial charge on any atom is 0.0418 e. The van der Waals surface area contributed by atoms with Crippen molar-refractivity contribution in [2.24, 2.45) is 0 Å². The smallest absolute Gasteiger partial charge is 0.0418 e. The standard InChI is InChI=1S/C14H16N2/c1-11-7-8-15-9-13(11)10-16-14-6-4-3-5-12(14)2/h3-9,16H,10H2,1-2H3. The molecule has 2 heteroatoms. The second kappa shape index (κ2) is 4.79. The van der Waals surface area contributed by atoms with Crippen LogP contribution < -0.4 is 5.32 Å². The van der Waals surface area contributed by atoms with E-state index in [0.717, 1.165) is 6.54 Å². The molecule has 2 nitrogen and oxygen atoms in total.